The quantitative estimate of drug-likeness (QED) is 0.462. The second-order valence-electron chi connectivity index (χ2n) is 6.83. The highest BCUT2D eigenvalue weighted by Crippen LogP contribution is 2.44. The molecule has 0 saturated heterocycles. The molecule has 3 aromatic carbocycles. The Morgan fingerprint density at radius 3 is 1.79 bits per heavy atom. The molecule has 0 aromatic heterocycles. The number of imide groups is 1. The minimum Gasteiger partial charge on any atom is -0.506 e. The molecule has 3 N–H and O–H groups in total. The number of rotatable bonds is 4. The standard InChI is InChI=1S/C22H17NO6/c1-2-13(22(28)29)11-7-9-12(10-8-11)23-20(26)16-17(21(23)27)19(25)15-6-4-3-5-14(15)18(16)24/h3-10,13,24-25H,2H2,1H3,(H,28,29). The third-order valence-electron chi connectivity index (χ3n) is 5.25. The van der Waals surface area contributed by atoms with Crippen molar-refractivity contribution in [3.63, 3.8) is 0 Å². The Morgan fingerprint density at radius 2 is 1.38 bits per heavy atom. The molecule has 0 spiro atoms. The van der Waals surface area contributed by atoms with E-state index in [4.69, 9.17) is 0 Å². The van der Waals surface area contributed by atoms with E-state index in [9.17, 15) is 29.7 Å². The first-order chi connectivity index (χ1) is 13.9. The van der Waals surface area contributed by atoms with Crippen LogP contribution in [0, 0.1) is 0 Å². The van der Waals surface area contributed by atoms with Crippen molar-refractivity contribution in [1.29, 1.82) is 0 Å². The van der Waals surface area contributed by atoms with Gasteiger partial charge in [0.05, 0.1) is 22.7 Å². The summed E-state index contributed by atoms with van der Waals surface area (Å²) in [5, 5.41) is 31.0. The number of hydrogen-bond donors (Lipinski definition) is 3. The smallest absolute Gasteiger partial charge is 0.310 e. The van der Waals surface area contributed by atoms with Gasteiger partial charge in [0.2, 0.25) is 0 Å². The highest BCUT2D eigenvalue weighted by molar-refractivity contribution is 6.37. The number of fused-ring (bicyclic) bond motifs is 2. The highest BCUT2D eigenvalue weighted by atomic mass is 16.4. The van der Waals surface area contributed by atoms with Crippen LogP contribution in [-0.2, 0) is 4.79 Å². The number of aliphatic carboxylic acids is 1. The SMILES string of the molecule is CCC(C(=O)O)c1ccc(N2C(=O)c3c(c(O)c4ccccc4c3O)C2=O)cc1. The van der Waals surface area contributed by atoms with Crippen molar-refractivity contribution in [2.24, 2.45) is 0 Å². The van der Waals surface area contributed by atoms with Crippen molar-refractivity contribution in [1.82, 2.24) is 0 Å². The first kappa shape index (κ1) is 18.5. The number of nitrogens with zero attached hydrogens (tertiary/aromatic N) is 1. The predicted molar refractivity (Wildman–Crippen MR) is 106 cm³/mol. The van der Waals surface area contributed by atoms with Crippen molar-refractivity contribution >= 4 is 34.2 Å². The maximum Gasteiger partial charge on any atom is 0.310 e. The van der Waals surface area contributed by atoms with Crippen molar-refractivity contribution in [3.05, 3.63) is 65.2 Å². The van der Waals surface area contributed by atoms with E-state index in [1.54, 1.807) is 43.3 Å². The van der Waals surface area contributed by atoms with Gasteiger partial charge in [-0.3, -0.25) is 14.4 Å². The number of hydrogen-bond acceptors (Lipinski definition) is 5. The summed E-state index contributed by atoms with van der Waals surface area (Å²) in [6, 6.07) is 12.5. The van der Waals surface area contributed by atoms with Gasteiger partial charge in [0.15, 0.2) is 0 Å². The summed E-state index contributed by atoms with van der Waals surface area (Å²) in [5.74, 6) is -3.86. The predicted octanol–water partition coefficient (Wildman–Crippen LogP) is 3.63. The van der Waals surface area contributed by atoms with Crippen LogP contribution in [0.3, 0.4) is 0 Å². The van der Waals surface area contributed by atoms with Crippen LogP contribution in [0.15, 0.2) is 48.5 Å². The minimum atomic E-state index is -0.956. The molecule has 146 valence electrons. The van der Waals surface area contributed by atoms with Crippen LogP contribution in [0.4, 0.5) is 5.69 Å². The number of carbonyl (C=O) groups is 3. The number of anilines is 1. The Kier molecular flexibility index (Phi) is 4.23. The number of benzene rings is 3. The Balaban J connectivity index is 1.81. The minimum absolute atomic E-state index is 0.225. The molecule has 7 nitrogen and oxygen atoms in total. The Hall–Kier alpha value is -3.87. The molecule has 7 heteroatoms. The van der Waals surface area contributed by atoms with Crippen LogP contribution in [-0.4, -0.2) is 33.1 Å². The van der Waals surface area contributed by atoms with Crippen molar-refractivity contribution in [3.8, 4) is 11.5 Å². The van der Waals surface area contributed by atoms with Gasteiger partial charge >= 0.3 is 5.97 Å². The van der Waals surface area contributed by atoms with Crippen LogP contribution in [0.2, 0.25) is 0 Å². The Morgan fingerprint density at radius 1 is 0.897 bits per heavy atom. The normalized spacial score (nSPS) is 14.3. The van der Waals surface area contributed by atoms with E-state index in [1.165, 1.54) is 12.1 Å². The fourth-order valence-corrected chi connectivity index (χ4v) is 3.78. The number of phenols is 2. The zero-order chi connectivity index (χ0) is 20.9. The molecule has 2 amide bonds. The van der Waals surface area contributed by atoms with Gasteiger partial charge < -0.3 is 15.3 Å². The van der Waals surface area contributed by atoms with Crippen LogP contribution >= 0.6 is 0 Å². The Bertz CT molecular complexity index is 1120. The molecular formula is C22H17NO6. The van der Waals surface area contributed by atoms with E-state index in [0.29, 0.717) is 12.0 Å². The van der Waals surface area contributed by atoms with E-state index in [1.807, 2.05) is 0 Å². The molecule has 0 fully saturated rings. The summed E-state index contributed by atoms with van der Waals surface area (Å²) in [7, 11) is 0. The summed E-state index contributed by atoms with van der Waals surface area (Å²) in [6.07, 6.45) is 0.399. The van der Waals surface area contributed by atoms with Gasteiger partial charge in [0.25, 0.3) is 11.8 Å². The lowest BCUT2D eigenvalue weighted by Gasteiger charge is -2.16. The average Bonchev–Trinajstić information content (AvgIpc) is 2.98. The molecule has 1 unspecified atom stereocenters. The molecule has 29 heavy (non-hydrogen) atoms. The third-order valence-corrected chi connectivity index (χ3v) is 5.25. The second-order valence-corrected chi connectivity index (χ2v) is 6.83. The lowest BCUT2D eigenvalue weighted by Crippen LogP contribution is -2.29. The lowest BCUT2D eigenvalue weighted by atomic mass is 9.96. The largest absolute Gasteiger partial charge is 0.506 e. The molecular weight excluding hydrogens is 374 g/mol. The van der Waals surface area contributed by atoms with E-state index in [2.05, 4.69) is 0 Å². The van der Waals surface area contributed by atoms with Crippen LogP contribution in [0.1, 0.15) is 45.5 Å². The third kappa shape index (κ3) is 2.62. The summed E-state index contributed by atoms with van der Waals surface area (Å²) < 4.78 is 0. The maximum absolute atomic E-state index is 12.9. The monoisotopic (exact) mass is 391 g/mol. The molecule has 3 aromatic rings. The number of carbonyl (C=O) groups excluding carboxylic acids is 2. The number of phenolic OH excluding ortho intramolecular Hbond substituents is 2. The van der Waals surface area contributed by atoms with E-state index >= 15 is 0 Å². The van der Waals surface area contributed by atoms with Gasteiger partial charge in [-0.2, -0.15) is 0 Å². The second kappa shape index (κ2) is 6.63. The van der Waals surface area contributed by atoms with E-state index in [0.717, 1.165) is 4.90 Å². The topological polar surface area (TPSA) is 115 Å². The summed E-state index contributed by atoms with van der Waals surface area (Å²) in [4.78, 5) is 38.1. The van der Waals surface area contributed by atoms with Gasteiger partial charge in [0.1, 0.15) is 11.5 Å². The molecule has 0 radical (unpaired) electrons. The van der Waals surface area contributed by atoms with Crippen molar-refractivity contribution in [2.75, 3.05) is 4.90 Å². The van der Waals surface area contributed by atoms with Gasteiger partial charge in [-0.15, -0.1) is 0 Å². The number of carboxylic acid groups (broad SMARTS) is 1. The number of carboxylic acids is 1. The fourth-order valence-electron chi connectivity index (χ4n) is 3.78. The van der Waals surface area contributed by atoms with Gasteiger partial charge in [-0.05, 0) is 24.1 Å². The van der Waals surface area contributed by atoms with Crippen LogP contribution in [0.25, 0.3) is 10.8 Å². The molecule has 1 atom stereocenters. The van der Waals surface area contributed by atoms with Gasteiger partial charge in [0, 0.05) is 10.8 Å². The molecule has 0 aliphatic carbocycles. The molecule has 1 aliphatic heterocycles. The zero-order valence-electron chi connectivity index (χ0n) is 15.4. The summed E-state index contributed by atoms with van der Waals surface area (Å²) in [6.45, 7) is 1.76. The fraction of sp³-hybridized carbons (Fsp3) is 0.136. The first-order valence-electron chi connectivity index (χ1n) is 9.05. The van der Waals surface area contributed by atoms with Crippen molar-refractivity contribution < 1.29 is 29.7 Å². The molecule has 1 heterocycles. The zero-order valence-corrected chi connectivity index (χ0v) is 15.4. The molecule has 4 rings (SSSR count). The highest BCUT2D eigenvalue weighted by Gasteiger charge is 2.42. The number of aromatic hydroxyl groups is 2. The van der Waals surface area contributed by atoms with E-state index < -0.39 is 23.7 Å². The first-order valence-corrected chi connectivity index (χ1v) is 9.05. The van der Waals surface area contributed by atoms with Gasteiger partial charge in [-0.25, -0.2) is 4.90 Å². The maximum atomic E-state index is 12.9. The lowest BCUT2D eigenvalue weighted by molar-refractivity contribution is -0.138. The Labute approximate surface area is 165 Å². The van der Waals surface area contributed by atoms with Crippen molar-refractivity contribution in [2.45, 2.75) is 19.3 Å². The van der Waals surface area contributed by atoms with Gasteiger partial charge in [-0.1, -0.05) is 43.3 Å². The average molecular weight is 391 g/mol. The molecule has 0 saturated carbocycles. The summed E-state index contributed by atoms with van der Waals surface area (Å²) >= 11 is 0. The number of amides is 2. The molecule has 1 aliphatic rings. The van der Waals surface area contributed by atoms with Crippen LogP contribution in [0.5, 0.6) is 11.5 Å². The molecule has 0 bridgehead atoms. The summed E-state index contributed by atoms with van der Waals surface area (Å²) in [5.41, 5.74) is 0.291. The van der Waals surface area contributed by atoms with Crippen LogP contribution < -0.4 is 4.90 Å². The van der Waals surface area contributed by atoms with E-state index in [-0.39, 0.29) is 39.1 Å².